The van der Waals surface area contributed by atoms with Crippen LogP contribution in [0.15, 0.2) is 24.3 Å². The molecule has 0 radical (unpaired) electrons. The maximum Gasteiger partial charge on any atom is 0.102 e. The number of hydroxylamine groups is 1. The van der Waals surface area contributed by atoms with Crippen LogP contribution in [-0.4, -0.2) is 6.54 Å². The van der Waals surface area contributed by atoms with E-state index in [1.807, 2.05) is 17.2 Å². The van der Waals surface area contributed by atoms with Gasteiger partial charge < -0.3 is 0 Å². The molecule has 0 saturated carbocycles. The number of hydrogen-bond acceptors (Lipinski definition) is 2. The minimum Gasteiger partial charge on any atom is -0.269 e. The van der Waals surface area contributed by atoms with E-state index in [1.165, 1.54) is 11.3 Å². The van der Waals surface area contributed by atoms with Crippen LogP contribution in [0, 0.1) is 0 Å². The molecular formula is C9H11NO. The zero-order valence-corrected chi connectivity index (χ0v) is 6.58. The third-order valence-corrected chi connectivity index (χ3v) is 1.92. The molecule has 1 heterocycles. The van der Waals surface area contributed by atoms with E-state index < -0.39 is 0 Å². The van der Waals surface area contributed by atoms with Crippen molar-refractivity contribution < 1.29 is 4.84 Å². The van der Waals surface area contributed by atoms with Crippen LogP contribution in [0.5, 0.6) is 0 Å². The molecule has 0 aliphatic carbocycles. The molecule has 1 aliphatic heterocycles. The van der Waals surface area contributed by atoms with Gasteiger partial charge in [0.15, 0.2) is 0 Å². The molecule has 0 atom stereocenters. The Morgan fingerprint density at radius 3 is 3.09 bits per heavy atom. The SMILES string of the molecule is CCN1OCc2ccccc21. The molecular weight excluding hydrogens is 138 g/mol. The van der Waals surface area contributed by atoms with Crippen LogP contribution in [0.4, 0.5) is 5.69 Å². The lowest BCUT2D eigenvalue weighted by molar-refractivity contribution is 0.120. The van der Waals surface area contributed by atoms with Gasteiger partial charge in [-0.15, -0.1) is 0 Å². The van der Waals surface area contributed by atoms with Crippen LogP contribution in [0.2, 0.25) is 0 Å². The third kappa shape index (κ3) is 0.994. The summed E-state index contributed by atoms with van der Waals surface area (Å²) in [6, 6.07) is 8.27. The number of rotatable bonds is 1. The van der Waals surface area contributed by atoms with Gasteiger partial charge in [-0.1, -0.05) is 18.2 Å². The fraction of sp³-hybridized carbons (Fsp3) is 0.333. The molecule has 58 valence electrons. The van der Waals surface area contributed by atoms with Crippen LogP contribution in [0.25, 0.3) is 0 Å². The summed E-state index contributed by atoms with van der Waals surface area (Å²) in [4.78, 5) is 5.41. The first-order valence-electron chi connectivity index (χ1n) is 3.90. The van der Waals surface area contributed by atoms with E-state index >= 15 is 0 Å². The summed E-state index contributed by atoms with van der Waals surface area (Å²) in [6.45, 7) is 3.73. The molecule has 0 saturated heterocycles. The van der Waals surface area contributed by atoms with E-state index in [1.54, 1.807) is 0 Å². The predicted molar refractivity (Wildman–Crippen MR) is 44.3 cm³/mol. The molecule has 0 bridgehead atoms. The van der Waals surface area contributed by atoms with Crippen molar-refractivity contribution in [3.63, 3.8) is 0 Å². The van der Waals surface area contributed by atoms with E-state index in [-0.39, 0.29) is 0 Å². The van der Waals surface area contributed by atoms with E-state index in [0.29, 0.717) is 0 Å². The molecule has 0 amide bonds. The van der Waals surface area contributed by atoms with Crippen molar-refractivity contribution in [2.24, 2.45) is 0 Å². The van der Waals surface area contributed by atoms with Gasteiger partial charge in [-0.3, -0.25) is 9.90 Å². The van der Waals surface area contributed by atoms with Crippen molar-refractivity contribution in [2.75, 3.05) is 11.6 Å². The Labute approximate surface area is 66.3 Å². The summed E-state index contributed by atoms with van der Waals surface area (Å²) >= 11 is 0. The highest BCUT2D eigenvalue weighted by Crippen LogP contribution is 2.27. The molecule has 0 spiro atoms. The number of hydrogen-bond donors (Lipinski definition) is 0. The van der Waals surface area contributed by atoms with Crippen LogP contribution < -0.4 is 5.06 Å². The lowest BCUT2D eigenvalue weighted by Crippen LogP contribution is -2.16. The van der Waals surface area contributed by atoms with Crippen molar-refractivity contribution in [1.29, 1.82) is 0 Å². The summed E-state index contributed by atoms with van der Waals surface area (Å²) in [6.07, 6.45) is 0. The van der Waals surface area contributed by atoms with Gasteiger partial charge in [-0.05, 0) is 13.0 Å². The topological polar surface area (TPSA) is 12.5 Å². The second-order valence-electron chi connectivity index (χ2n) is 2.60. The van der Waals surface area contributed by atoms with Gasteiger partial charge in [0.1, 0.15) is 6.61 Å². The second kappa shape index (κ2) is 2.55. The minimum atomic E-state index is 0.726. The Hall–Kier alpha value is -1.02. The molecule has 2 heteroatoms. The summed E-state index contributed by atoms with van der Waals surface area (Å²) in [7, 11) is 0. The highest BCUT2D eigenvalue weighted by atomic mass is 16.7. The summed E-state index contributed by atoms with van der Waals surface area (Å²) < 4.78 is 0. The highest BCUT2D eigenvalue weighted by molar-refractivity contribution is 5.53. The Morgan fingerprint density at radius 1 is 1.45 bits per heavy atom. The molecule has 0 fully saturated rings. The van der Waals surface area contributed by atoms with E-state index in [2.05, 4.69) is 19.1 Å². The zero-order valence-electron chi connectivity index (χ0n) is 6.58. The zero-order chi connectivity index (χ0) is 7.68. The van der Waals surface area contributed by atoms with Gasteiger partial charge in [0.2, 0.25) is 0 Å². The quantitative estimate of drug-likeness (QED) is 0.605. The summed E-state index contributed by atoms with van der Waals surface area (Å²) in [5.41, 5.74) is 2.50. The van der Waals surface area contributed by atoms with Crippen molar-refractivity contribution in [3.8, 4) is 0 Å². The van der Waals surface area contributed by atoms with Gasteiger partial charge in [-0.25, -0.2) is 0 Å². The van der Waals surface area contributed by atoms with Crippen LogP contribution in [0.1, 0.15) is 12.5 Å². The van der Waals surface area contributed by atoms with E-state index in [0.717, 1.165) is 13.2 Å². The lowest BCUT2D eigenvalue weighted by atomic mass is 10.2. The minimum absolute atomic E-state index is 0.726. The van der Waals surface area contributed by atoms with Gasteiger partial charge in [0, 0.05) is 12.1 Å². The Morgan fingerprint density at radius 2 is 2.27 bits per heavy atom. The van der Waals surface area contributed by atoms with Gasteiger partial charge >= 0.3 is 0 Å². The first-order valence-corrected chi connectivity index (χ1v) is 3.90. The van der Waals surface area contributed by atoms with E-state index in [4.69, 9.17) is 4.84 Å². The molecule has 1 aromatic rings. The average molecular weight is 149 g/mol. The monoisotopic (exact) mass is 149 g/mol. The molecule has 2 nitrogen and oxygen atoms in total. The third-order valence-electron chi connectivity index (χ3n) is 1.92. The second-order valence-corrected chi connectivity index (χ2v) is 2.60. The van der Waals surface area contributed by atoms with Gasteiger partial charge in [0.25, 0.3) is 0 Å². The maximum atomic E-state index is 5.41. The molecule has 0 unspecified atom stereocenters. The van der Waals surface area contributed by atoms with E-state index in [9.17, 15) is 0 Å². The number of benzene rings is 1. The number of anilines is 1. The van der Waals surface area contributed by atoms with Crippen molar-refractivity contribution in [2.45, 2.75) is 13.5 Å². The summed E-state index contributed by atoms with van der Waals surface area (Å²) in [5.74, 6) is 0. The van der Waals surface area contributed by atoms with Crippen LogP contribution in [-0.2, 0) is 11.4 Å². The molecule has 2 rings (SSSR count). The maximum absolute atomic E-state index is 5.41. The largest absolute Gasteiger partial charge is 0.269 e. The summed E-state index contributed by atoms with van der Waals surface area (Å²) in [5, 5.41) is 1.93. The normalized spacial score (nSPS) is 15.2. The highest BCUT2D eigenvalue weighted by Gasteiger charge is 2.16. The smallest absolute Gasteiger partial charge is 0.102 e. The molecule has 1 aliphatic rings. The fourth-order valence-corrected chi connectivity index (χ4v) is 1.35. The number of nitrogens with zero attached hydrogens (tertiary/aromatic N) is 1. The standard InChI is InChI=1S/C9H11NO/c1-2-10-9-6-4-3-5-8(9)7-11-10/h3-6H,2,7H2,1H3. The van der Waals surface area contributed by atoms with Crippen LogP contribution >= 0.6 is 0 Å². The molecule has 1 aromatic carbocycles. The Kier molecular flexibility index (Phi) is 1.55. The van der Waals surface area contributed by atoms with Gasteiger partial charge in [-0.2, -0.15) is 0 Å². The van der Waals surface area contributed by atoms with Gasteiger partial charge in [0.05, 0.1) is 5.69 Å². The fourth-order valence-electron chi connectivity index (χ4n) is 1.35. The van der Waals surface area contributed by atoms with Crippen molar-refractivity contribution in [1.82, 2.24) is 0 Å². The first kappa shape index (κ1) is 6.68. The first-order chi connectivity index (χ1) is 5.42. The predicted octanol–water partition coefficient (Wildman–Crippen LogP) is 1.96. The molecule has 0 N–H and O–H groups in total. The molecule has 11 heavy (non-hydrogen) atoms. The van der Waals surface area contributed by atoms with Crippen molar-refractivity contribution in [3.05, 3.63) is 29.8 Å². The average Bonchev–Trinajstić information content (AvgIpc) is 2.47. The van der Waals surface area contributed by atoms with Crippen molar-refractivity contribution >= 4 is 5.69 Å². The van der Waals surface area contributed by atoms with Crippen LogP contribution in [0.3, 0.4) is 0 Å². The number of fused-ring (bicyclic) bond motifs is 1. The Balaban J connectivity index is 2.39. The number of para-hydroxylation sites is 1. The lowest BCUT2D eigenvalue weighted by Gasteiger charge is -2.13. The Bertz CT molecular complexity index is 259. The molecule has 0 aromatic heterocycles.